The van der Waals surface area contributed by atoms with Gasteiger partial charge in [-0.15, -0.1) is 0 Å². The average molecular weight is 223 g/mol. The maximum Gasteiger partial charge on any atom is 0.0771 e. The van der Waals surface area contributed by atoms with E-state index in [1.54, 1.807) is 0 Å². The zero-order valence-electron chi connectivity index (χ0n) is 9.92. The molecule has 2 rings (SSSR count). The SMILES string of the molecule is Cc1cc(CNCC2(O)CCCCC2)n[nH]1. The maximum atomic E-state index is 10.3. The Kier molecular flexibility index (Phi) is 3.61. The highest BCUT2D eigenvalue weighted by molar-refractivity contribution is 5.06. The van der Waals surface area contributed by atoms with Gasteiger partial charge in [0.1, 0.15) is 0 Å². The molecule has 0 unspecified atom stereocenters. The van der Waals surface area contributed by atoms with Gasteiger partial charge in [0.05, 0.1) is 11.3 Å². The molecule has 16 heavy (non-hydrogen) atoms. The van der Waals surface area contributed by atoms with Crippen LogP contribution < -0.4 is 5.32 Å². The van der Waals surface area contributed by atoms with Crippen molar-refractivity contribution in [3.8, 4) is 0 Å². The van der Waals surface area contributed by atoms with Crippen molar-refractivity contribution in [2.45, 2.75) is 51.2 Å². The molecular formula is C12H21N3O. The molecule has 3 N–H and O–H groups in total. The summed E-state index contributed by atoms with van der Waals surface area (Å²) >= 11 is 0. The van der Waals surface area contributed by atoms with Crippen molar-refractivity contribution in [2.24, 2.45) is 0 Å². The summed E-state index contributed by atoms with van der Waals surface area (Å²) in [6.45, 7) is 3.40. The lowest BCUT2D eigenvalue weighted by Gasteiger charge is -2.32. The Balaban J connectivity index is 1.74. The van der Waals surface area contributed by atoms with Crippen molar-refractivity contribution in [1.29, 1.82) is 0 Å². The number of hydrogen-bond acceptors (Lipinski definition) is 3. The standard InChI is InChI=1S/C12H21N3O/c1-10-7-11(15-14-10)8-13-9-12(16)5-3-2-4-6-12/h7,13,16H,2-6,8-9H2,1H3,(H,14,15). The molecule has 1 heterocycles. The van der Waals surface area contributed by atoms with Crippen LogP contribution in [0.3, 0.4) is 0 Å². The van der Waals surface area contributed by atoms with Gasteiger partial charge in [0.2, 0.25) is 0 Å². The van der Waals surface area contributed by atoms with Gasteiger partial charge in [-0.25, -0.2) is 0 Å². The highest BCUT2D eigenvalue weighted by Crippen LogP contribution is 2.27. The molecule has 1 fully saturated rings. The van der Waals surface area contributed by atoms with Crippen LogP contribution in [0.5, 0.6) is 0 Å². The third-order valence-electron chi connectivity index (χ3n) is 3.30. The minimum atomic E-state index is -0.483. The summed E-state index contributed by atoms with van der Waals surface area (Å²) in [5.74, 6) is 0. The van der Waals surface area contributed by atoms with Crippen molar-refractivity contribution < 1.29 is 5.11 Å². The summed E-state index contributed by atoms with van der Waals surface area (Å²) in [7, 11) is 0. The van der Waals surface area contributed by atoms with Crippen LogP contribution >= 0.6 is 0 Å². The monoisotopic (exact) mass is 223 g/mol. The van der Waals surface area contributed by atoms with Crippen LogP contribution in [-0.2, 0) is 6.54 Å². The lowest BCUT2D eigenvalue weighted by Crippen LogP contribution is -2.41. The molecule has 0 aliphatic heterocycles. The highest BCUT2D eigenvalue weighted by atomic mass is 16.3. The maximum absolute atomic E-state index is 10.3. The zero-order chi connectivity index (χ0) is 11.4. The Morgan fingerprint density at radius 3 is 2.81 bits per heavy atom. The van der Waals surface area contributed by atoms with E-state index in [2.05, 4.69) is 15.5 Å². The van der Waals surface area contributed by atoms with E-state index in [0.29, 0.717) is 6.54 Å². The number of aromatic nitrogens is 2. The average Bonchev–Trinajstić information content (AvgIpc) is 2.65. The van der Waals surface area contributed by atoms with Gasteiger partial charge in [-0.3, -0.25) is 5.10 Å². The number of rotatable bonds is 4. The molecular weight excluding hydrogens is 202 g/mol. The molecule has 0 radical (unpaired) electrons. The van der Waals surface area contributed by atoms with E-state index in [1.165, 1.54) is 6.42 Å². The van der Waals surface area contributed by atoms with Crippen molar-refractivity contribution in [2.75, 3.05) is 6.54 Å². The van der Waals surface area contributed by atoms with Crippen LogP contribution in [0.2, 0.25) is 0 Å². The first-order valence-electron chi connectivity index (χ1n) is 6.12. The van der Waals surface area contributed by atoms with Crippen molar-refractivity contribution in [1.82, 2.24) is 15.5 Å². The van der Waals surface area contributed by atoms with E-state index in [0.717, 1.165) is 43.6 Å². The second-order valence-corrected chi connectivity index (χ2v) is 4.93. The highest BCUT2D eigenvalue weighted by Gasteiger charge is 2.28. The quantitative estimate of drug-likeness (QED) is 0.725. The van der Waals surface area contributed by atoms with Crippen LogP contribution in [-0.4, -0.2) is 27.4 Å². The number of aromatic amines is 1. The number of hydrogen-bond donors (Lipinski definition) is 3. The summed E-state index contributed by atoms with van der Waals surface area (Å²) < 4.78 is 0. The number of nitrogens with one attached hydrogen (secondary N) is 2. The molecule has 1 aliphatic rings. The van der Waals surface area contributed by atoms with Crippen molar-refractivity contribution in [3.05, 3.63) is 17.5 Å². The van der Waals surface area contributed by atoms with Crippen LogP contribution in [0.15, 0.2) is 6.07 Å². The molecule has 1 aromatic rings. The van der Waals surface area contributed by atoms with Crippen molar-refractivity contribution in [3.63, 3.8) is 0 Å². The molecule has 0 bridgehead atoms. The first kappa shape index (κ1) is 11.6. The number of H-pyrrole nitrogens is 1. The van der Waals surface area contributed by atoms with Crippen LogP contribution in [0.25, 0.3) is 0 Å². The molecule has 0 saturated heterocycles. The summed E-state index contributed by atoms with van der Waals surface area (Å²) in [4.78, 5) is 0. The van der Waals surface area contributed by atoms with Gasteiger partial charge in [0.15, 0.2) is 0 Å². The smallest absolute Gasteiger partial charge is 0.0771 e. The molecule has 1 saturated carbocycles. The third kappa shape index (κ3) is 3.06. The van der Waals surface area contributed by atoms with Gasteiger partial charge in [-0.2, -0.15) is 5.10 Å². The predicted molar refractivity (Wildman–Crippen MR) is 63.1 cm³/mol. The van der Waals surface area contributed by atoms with E-state index >= 15 is 0 Å². The van der Waals surface area contributed by atoms with Gasteiger partial charge in [0.25, 0.3) is 0 Å². The summed E-state index contributed by atoms with van der Waals surface area (Å²) in [6, 6.07) is 2.03. The fourth-order valence-corrected chi connectivity index (χ4v) is 2.37. The molecule has 1 aromatic heterocycles. The van der Waals surface area contributed by atoms with Crippen LogP contribution in [0.1, 0.15) is 43.5 Å². The Morgan fingerprint density at radius 1 is 1.44 bits per heavy atom. The Morgan fingerprint density at radius 2 is 2.19 bits per heavy atom. The Hall–Kier alpha value is -0.870. The second kappa shape index (κ2) is 4.97. The normalized spacial score (nSPS) is 19.9. The zero-order valence-corrected chi connectivity index (χ0v) is 9.92. The minimum Gasteiger partial charge on any atom is -0.389 e. The van der Waals surface area contributed by atoms with Gasteiger partial charge < -0.3 is 10.4 Å². The molecule has 4 nitrogen and oxygen atoms in total. The summed E-state index contributed by atoms with van der Waals surface area (Å²) in [5, 5.41) is 20.6. The molecule has 1 aliphatic carbocycles. The Labute approximate surface area is 96.5 Å². The summed E-state index contributed by atoms with van der Waals surface area (Å²) in [6.07, 6.45) is 5.43. The molecule has 90 valence electrons. The topological polar surface area (TPSA) is 60.9 Å². The summed E-state index contributed by atoms with van der Waals surface area (Å²) in [5.41, 5.74) is 1.61. The molecule has 4 heteroatoms. The number of aryl methyl sites for hydroxylation is 1. The first-order valence-corrected chi connectivity index (χ1v) is 6.12. The number of nitrogens with zero attached hydrogens (tertiary/aromatic N) is 1. The van der Waals surface area contributed by atoms with E-state index in [1.807, 2.05) is 13.0 Å². The molecule has 0 spiro atoms. The van der Waals surface area contributed by atoms with Gasteiger partial charge >= 0.3 is 0 Å². The molecule has 0 atom stereocenters. The van der Waals surface area contributed by atoms with E-state index < -0.39 is 5.60 Å². The van der Waals surface area contributed by atoms with Crippen LogP contribution in [0, 0.1) is 6.92 Å². The molecule has 0 amide bonds. The fraction of sp³-hybridized carbons (Fsp3) is 0.750. The van der Waals surface area contributed by atoms with Gasteiger partial charge in [-0.05, 0) is 25.8 Å². The lowest BCUT2D eigenvalue weighted by atomic mass is 9.85. The third-order valence-corrected chi connectivity index (χ3v) is 3.30. The second-order valence-electron chi connectivity index (χ2n) is 4.93. The first-order chi connectivity index (χ1) is 7.68. The van der Waals surface area contributed by atoms with Crippen molar-refractivity contribution >= 4 is 0 Å². The lowest BCUT2D eigenvalue weighted by molar-refractivity contribution is 0.00462. The fourth-order valence-electron chi connectivity index (χ4n) is 2.37. The predicted octanol–water partition coefficient (Wildman–Crippen LogP) is 1.50. The molecule has 0 aromatic carbocycles. The van der Waals surface area contributed by atoms with E-state index in [4.69, 9.17) is 0 Å². The number of aliphatic hydroxyl groups is 1. The van der Waals surface area contributed by atoms with E-state index in [-0.39, 0.29) is 0 Å². The largest absolute Gasteiger partial charge is 0.389 e. The van der Waals surface area contributed by atoms with Gasteiger partial charge in [-0.1, -0.05) is 19.3 Å². The van der Waals surface area contributed by atoms with Crippen LogP contribution in [0.4, 0.5) is 0 Å². The minimum absolute atomic E-state index is 0.483. The van der Waals surface area contributed by atoms with E-state index in [9.17, 15) is 5.11 Å². The Bertz CT molecular complexity index is 329. The van der Waals surface area contributed by atoms with Gasteiger partial charge in [0, 0.05) is 18.8 Å².